The van der Waals surface area contributed by atoms with Gasteiger partial charge in [-0.15, -0.1) is 0 Å². The standard InChI is InChI=1S/C47H27N3O2/c1-3-12-28(13-4-1)30-22-25-33-37(26-30)32-24-23-31(27-38(32)43-35-17-8-10-20-40(35)52-44(33)43)46-48-45(29-14-5-2-6-15-29)49-47(50-46)36-18-11-21-41-42(36)34-16-7-9-19-39(34)51-41/h1-27H. The summed E-state index contributed by atoms with van der Waals surface area (Å²) in [6, 6.07) is 56.3. The number of nitrogens with zero attached hydrogens (tertiary/aromatic N) is 3. The van der Waals surface area contributed by atoms with Crippen molar-refractivity contribution in [3.63, 3.8) is 0 Å². The minimum Gasteiger partial charge on any atom is -0.456 e. The van der Waals surface area contributed by atoms with Crippen molar-refractivity contribution in [1.29, 1.82) is 0 Å². The number of aromatic nitrogens is 3. The lowest BCUT2D eigenvalue weighted by atomic mass is 9.93. The van der Waals surface area contributed by atoms with Crippen LogP contribution in [0, 0.1) is 0 Å². The molecule has 8 aromatic carbocycles. The number of para-hydroxylation sites is 2. The van der Waals surface area contributed by atoms with Gasteiger partial charge in [0.15, 0.2) is 17.5 Å². The highest BCUT2D eigenvalue weighted by molar-refractivity contribution is 6.30. The molecule has 11 rings (SSSR count). The van der Waals surface area contributed by atoms with E-state index in [1.807, 2.05) is 78.9 Å². The van der Waals surface area contributed by atoms with Crippen molar-refractivity contribution < 1.29 is 8.83 Å². The molecular formula is C47H27N3O2. The smallest absolute Gasteiger partial charge is 0.164 e. The molecule has 0 N–H and O–H groups in total. The van der Waals surface area contributed by atoms with Crippen LogP contribution in [0.25, 0.3) is 111 Å². The first-order chi connectivity index (χ1) is 25.8. The van der Waals surface area contributed by atoms with Crippen LogP contribution in [0.15, 0.2) is 173 Å². The van der Waals surface area contributed by atoms with Crippen LogP contribution >= 0.6 is 0 Å². The Morgan fingerprint density at radius 3 is 1.67 bits per heavy atom. The van der Waals surface area contributed by atoms with Crippen LogP contribution in [-0.4, -0.2) is 15.0 Å². The van der Waals surface area contributed by atoms with E-state index in [2.05, 4.69) is 84.9 Å². The van der Waals surface area contributed by atoms with Gasteiger partial charge in [0.05, 0.1) is 0 Å². The first-order valence-electron chi connectivity index (χ1n) is 17.4. The Bertz CT molecular complexity index is 3180. The lowest BCUT2D eigenvalue weighted by Gasteiger charge is -2.12. The van der Waals surface area contributed by atoms with E-state index in [0.29, 0.717) is 17.5 Å². The molecule has 0 unspecified atom stereocenters. The monoisotopic (exact) mass is 665 g/mol. The molecule has 0 aliphatic rings. The second-order valence-corrected chi connectivity index (χ2v) is 13.1. The molecule has 52 heavy (non-hydrogen) atoms. The van der Waals surface area contributed by atoms with Crippen molar-refractivity contribution in [3.8, 4) is 45.3 Å². The summed E-state index contributed by atoms with van der Waals surface area (Å²) in [5.41, 5.74) is 8.39. The molecule has 0 spiro atoms. The normalized spacial score (nSPS) is 11.8. The minimum atomic E-state index is 0.589. The number of fused-ring (bicyclic) bond motifs is 11. The third kappa shape index (κ3) is 4.39. The van der Waals surface area contributed by atoms with Crippen LogP contribution in [0.2, 0.25) is 0 Å². The Labute approximate surface area is 297 Å². The summed E-state index contributed by atoms with van der Waals surface area (Å²) < 4.78 is 12.9. The molecule has 0 aliphatic carbocycles. The van der Waals surface area contributed by atoms with Gasteiger partial charge >= 0.3 is 0 Å². The van der Waals surface area contributed by atoms with Crippen molar-refractivity contribution in [1.82, 2.24) is 15.0 Å². The van der Waals surface area contributed by atoms with Gasteiger partial charge < -0.3 is 8.83 Å². The molecule has 11 aromatic rings. The zero-order valence-corrected chi connectivity index (χ0v) is 27.7. The summed E-state index contributed by atoms with van der Waals surface area (Å²) in [4.78, 5) is 15.4. The third-order valence-electron chi connectivity index (χ3n) is 10.1. The SMILES string of the molecule is c1ccc(-c2ccc3c(c2)c2ccc(-c4nc(-c5ccccc5)nc(-c5cccc6oc7ccccc7c56)n4)cc2c2c4ccccc4oc32)cc1. The first kappa shape index (κ1) is 28.7. The summed E-state index contributed by atoms with van der Waals surface area (Å²) in [5.74, 6) is 1.79. The summed E-state index contributed by atoms with van der Waals surface area (Å²) >= 11 is 0. The maximum Gasteiger partial charge on any atom is 0.164 e. The van der Waals surface area contributed by atoms with Gasteiger partial charge in [0.1, 0.15) is 22.3 Å². The molecular weight excluding hydrogens is 639 g/mol. The zero-order valence-electron chi connectivity index (χ0n) is 27.7. The molecule has 0 saturated carbocycles. The zero-order chi connectivity index (χ0) is 34.2. The summed E-state index contributed by atoms with van der Waals surface area (Å²) in [6.07, 6.45) is 0. The molecule has 5 heteroatoms. The third-order valence-corrected chi connectivity index (χ3v) is 10.1. The van der Waals surface area contributed by atoms with Crippen LogP contribution < -0.4 is 0 Å². The van der Waals surface area contributed by atoms with Gasteiger partial charge in [-0.3, -0.25) is 0 Å². The Morgan fingerprint density at radius 1 is 0.308 bits per heavy atom. The van der Waals surface area contributed by atoms with Crippen molar-refractivity contribution in [2.45, 2.75) is 0 Å². The highest BCUT2D eigenvalue weighted by Gasteiger charge is 2.20. The highest BCUT2D eigenvalue weighted by Crippen LogP contribution is 2.43. The largest absolute Gasteiger partial charge is 0.456 e. The Kier molecular flexibility index (Phi) is 6.18. The minimum absolute atomic E-state index is 0.589. The fraction of sp³-hybridized carbons (Fsp3) is 0. The maximum atomic E-state index is 6.64. The fourth-order valence-electron chi connectivity index (χ4n) is 7.71. The number of rotatable bonds is 4. The van der Waals surface area contributed by atoms with Crippen molar-refractivity contribution in [2.24, 2.45) is 0 Å². The molecule has 242 valence electrons. The van der Waals surface area contributed by atoms with Gasteiger partial charge in [0.2, 0.25) is 0 Å². The van der Waals surface area contributed by atoms with E-state index in [-0.39, 0.29) is 0 Å². The predicted octanol–water partition coefficient (Wildman–Crippen LogP) is 12.6. The van der Waals surface area contributed by atoms with Crippen molar-refractivity contribution in [3.05, 3.63) is 164 Å². The number of hydrogen-bond acceptors (Lipinski definition) is 5. The first-order valence-corrected chi connectivity index (χ1v) is 17.4. The second kappa shape index (κ2) is 11.2. The van der Waals surface area contributed by atoms with E-state index >= 15 is 0 Å². The molecule has 0 bridgehead atoms. The summed E-state index contributed by atoms with van der Waals surface area (Å²) in [5, 5.41) is 8.62. The van der Waals surface area contributed by atoms with Gasteiger partial charge in [-0.25, -0.2) is 15.0 Å². The summed E-state index contributed by atoms with van der Waals surface area (Å²) in [7, 11) is 0. The van der Waals surface area contributed by atoms with E-state index in [1.54, 1.807) is 0 Å². The fourth-order valence-corrected chi connectivity index (χ4v) is 7.71. The predicted molar refractivity (Wildman–Crippen MR) is 211 cm³/mol. The molecule has 3 aromatic heterocycles. The molecule has 5 nitrogen and oxygen atoms in total. The average molecular weight is 666 g/mol. The molecule has 0 aliphatic heterocycles. The quantitative estimate of drug-likeness (QED) is 0.175. The second-order valence-electron chi connectivity index (χ2n) is 13.1. The van der Waals surface area contributed by atoms with Gasteiger partial charge in [-0.2, -0.15) is 0 Å². The van der Waals surface area contributed by atoms with Crippen LogP contribution in [-0.2, 0) is 0 Å². The Hall–Kier alpha value is -7.11. The van der Waals surface area contributed by atoms with Crippen LogP contribution in [0.4, 0.5) is 0 Å². The molecule has 3 heterocycles. The van der Waals surface area contributed by atoms with Gasteiger partial charge in [0.25, 0.3) is 0 Å². The topological polar surface area (TPSA) is 65.0 Å². The molecule has 0 radical (unpaired) electrons. The number of benzene rings is 8. The number of furan rings is 2. The van der Waals surface area contributed by atoms with Crippen LogP contribution in [0.5, 0.6) is 0 Å². The van der Waals surface area contributed by atoms with E-state index < -0.39 is 0 Å². The Morgan fingerprint density at radius 2 is 0.885 bits per heavy atom. The van der Waals surface area contributed by atoms with Crippen LogP contribution in [0.3, 0.4) is 0 Å². The lowest BCUT2D eigenvalue weighted by Crippen LogP contribution is -2.00. The van der Waals surface area contributed by atoms with E-state index in [9.17, 15) is 0 Å². The van der Waals surface area contributed by atoms with Gasteiger partial charge in [0, 0.05) is 43.6 Å². The lowest BCUT2D eigenvalue weighted by molar-refractivity contribution is 0.669. The van der Waals surface area contributed by atoms with E-state index in [0.717, 1.165) is 87.7 Å². The van der Waals surface area contributed by atoms with E-state index in [1.165, 1.54) is 5.56 Å². The van der Waals surface area contributed by atoms with E-state index in [4.69, 9.17) is 23.8 Å². The van der Waals surface area contributed by atoms with Crippen molar-refractivity contribution >= 4 is 65.4 Å². The van der Waals surface area contributed by atoms with Gasteiger partial charge in [-0.1, -0.05) is 127 Å². The van der Waals surface area contributed by atoms with Crippen LogP contribution in [0.1, 0.15) is 0 Å². The summed E-state index contributed by atoms with van der Waals surface area (Å²) in [6.45, 7) is 0. The molecule has 0 amide bonds. The molecule has 0 saturated heterocycles. The van der Waals surface area contributed by atoms with Crippen molar-refractivity contribution in [2.75, 3.05) is 0 Å². The average Bonchev–Trinajstić information content (AvgIpc) is 3.80. The number of hydrogen-bond donors (Lipinski definition) is 0. The molecule has 0 atom stereocenters. The molecule has 0 fully saturated rings. The highest BCUT2D eigenvalue weighted by atomic mass is 16.3. The van der Waals surface area contributed by atoms with Gasteiger partial charge in [-0.05, 0) is 63.7 Å². The maximum absolute atomic E-state index is 6.64. The Balaban J connectivity index is 1.20.